The minimum Gasteiger partial charge on any atom is -0.335 e. The van der Waals surface area contributed by atoms with Crippen LogP contribution in [0.2, 0.25) is 0 Å². The maximum Gasteiger partial charge on any atom is 0.297 e. The van der Waals surface area contributed by atoms with Gasteiger partial charge in [0.15, 0.2) is 0 Å². The number of pyridine rings is 1. The maximum absolute atomic E-state index is 12.8. The molecule has 0 unspecified atom stereocenters. The summed E-state index contributed by atoms with van der Waals surface area (Å²) in [5, 5.41) is 1.78. The Kier molecular flexibility index (Phi) is 5.08. The normalized spacial score (nSPS) is 16.7. The summed E-state index contributed by atoms with van der Waals surface area (Å²) in [5.74, 6) is -1.26. The van der Waals surface area contributed by atoms with Crippen molar-refractivity contribution in [3.8, 4) is 0 Å². The average Bonchev–Trinajstić information content (AvgIpc) is 2.77. The minimum atomic E-state index is -0.620. The van der Waals surface area contributed by atoms with Crippen molar-refractivity contribution in [2.75, 3.05) is 19.6 Å². The molecule has 3 aromatic rings. The van der Waals surface area contributed by atoms with Gasteiger partial charge in [0.25, 0.3) is 17.6 Å². The number of hydrogen-bond acceptors (Lipinski definition) is 4. The van der Waals surface area contributed by atoms with Gasteiger partial charge in [-0.1, -0.05) is 42.5 Å². The molecule has 1 aliphatic rings. The molecule has 1 aliphatic heterocycles. The first-order chi connectivity index (χ1) is 14.0. The van der Waals surface area contributed by atoms with Gasteiger partial charge in [-0.2, -0.15) is 0 Å². The summed E-state index contributed by atoms with van der Waals surface area (Å²) < 4.78 is 0. The van der Waals surface area contributed by atoms with Crippen molar-refractivity contribution in [1.29, 1.82) is 0 Å². The van der Waals surface area contributed by atoms with Crippen LogP contribution in [-0.2, 0) is 4.79 Å². The Morgan fingerprint density at radius 2 is 1.62 bits per heavy atom. The molecule has 1 fully saturated rings. The van der Waals surface area contributed by atoms with Crippen molar-refractivity contribution in [1.82, 2.24) is 14.8 Å². The highest BCUT2D eigenvalue weighted by Gasteiger charge is 2.33. The van der Waals surface area contributed by atoms with E-state index in [1.54, 1.807) is 29.3 Å². The summed E-state index contributed by atoms with van der Waals surface area (Å²) in [6.45, 7) is 2.95. The standard InChI is InChI=1S/C23H21N3O3/c1-16-15-25(22(28)17-7-3-2-4-8-17)11-12-26(16)23(29)21(27)20-13-18-9-5-6-10-19(18)14-24-20/h2-10,13-14,16H,11-12,15H2,1H3/t16-/m1/s1. The van der Waals surface area contributed by atoms with Gasteiger partial charge in [0, 0.05) is 42.8 Å². The van der Waals surface area contributed by atoms with Crippen LogP contribution in [-0.4, -0.2) is 58.1 Å². The molecule has 146 valence electrons. The van der Waals surface area contributed by atoms with Crippen LogP contribution < -0.4 is 0 Å². The van der Waals surface area contributed by atoms with Gasteiger partial charge >= 0.3 is 0 Å². The van der Waals surface area contributed by atoms with E-state index in [0.29, 0.717) is 25.2 Å². The molecule has 1 atom stereocenters. The number of carbonyl (C=O) groups excluding carboxylic acids is 3. The third-order valence-electron chi connectivity index (χ3n) is 5.25. The van der Waals surface area contributed by atoms with E-state index in [-0.39, 0.29) is 17.6 Å². The van der Waals surface area contributed by atoms with E-state index < -0.39 is 11.7 Å². The van der Waals surface area contributed by atoms with Gasteiger partial charge in [-0.3, -0.25) is 19.4 Å². The number of rotatable bonds is 3. The molecule has 0 bridgehead atoms. The van der Waals surface area contributed by atoms with Crippen LogP contribution >= 0.6 is 0 Å². The molecule has 2 heterocycles. The largest absolute Gasteiger partial charge is 0.335 e. The summed E-state index contributed by atoms with van der Waals surface area (Å²) in [4.78, 5) is 45.6. The Balaban J connectivity index is 1.46. The number of hydrogen-bond donors (Lipinski definition) is 0. The molecule has 2 amide bonds. The van der Waals surface area contributed by atoms with Gasteiger partial charge in [0.1, 0.15) is 5.69 Å². The first-order valence-corrected chi connectivity index (χ1v) is 9.59. The summed E-state index contributed by atoms with van der Waals surface area (Å²) in [6, 6.07) is 18.0. The Bertz CT molecular complexity index is 1080. The third-order valence-corrected chi connectivity index (χ3v) is 5.25. The lowest BCUT2D eigenvalue weighted by atomic mass is 10.1. The van der Waals surface area contributed by atoms with Gasteiger partial charge in [0.05, 0.1) is 0 Å². The van der Waals surface area contributed by atoms with Crippen LogP contribution in [0.5, 0.6) is 0 Å². The van der Waals surface area contributed by atoms with Crippen LogP contribution in [0.3, 0.4) is 0 Å². The van der Waals surface area contributed by atoms with Gasteiger partial charge in [-0.25, -0.2) is 0 Å². The van der Waals surface area contributed by atoms with Crippen molar-refractivity contribution in [2.24, 2.45) is 0 Å². The lowest BCUT2D eigenvalue weighted by molar-refractivity contribution is -0.130. The molecule has 0 aliphatic carbocycles. The predicted octanol–water partition coefficient (Wildman–Crippen LogP) is 2.79. The van der Waals surface area contributed by atoms with Crippen LogP contribution in [0, 0.1) is 0 Å². The highest BCUT2D eigenvalue weighted by molar-refractivity contribution is 6.42. The fraction of sp³-hybridized carbons (Fsp3) is 0.217. The van der Waals surface area contributed by atoms with E-state index in [4.69, 9.17) is 0 Å². The van der Waals surface area contributed by atoms with Gasteiger partial charge in [0.2, 0.25) is 0 Å². The predicted molar refractivity (Wildman–Crippen MR) is 110 cm³/mol. The molecule has 1 aromatic heterocycles. The zero-order chi connectivity index (χ0) is 20.4. The monoisotopic (exact) mass is 387 g/mol. The number of fused-ring (bicyclic) bond motifs is 1. The third kappa shape index (κ3) is 3.74. The van der Waals surface area contributed by atoms with Crippen molar-refractivity contribution in [2.45, 2.75) is 13.0 Å². The summed E-state index contributed by atoms with van der Waals surface area (Å²) in [7, 11) is 0. The van der Waals surface area contributed by atoms with E-state index >= 15 is 0 Å². The lowest BCUT2D eigenvalue weighted by Crippen LogP contribution is -2.56. The van der Waals surface area contributed by atoms with Crippen LogP contribution in [0.4, 0.5) is 0 Å². The SMILES string of the molecule is C[C@@H]1CN(C(=O)c2ccccc2)CCN1C(=O)C(=O)c1cc2ccccc2cn1. The highest BCUT2D eigenvalue weighted by Crippen LogP contribution is 2.17. The maximum atomic E-state index is 12.8. The highest BCUT2D eigenvalue weighted by atomic mass is 16.2. The summed E-state index contributed by atoms with van der Waals surface area (Å²) in [5.41, 5.74) is 0.764. The van der Waals surface area contributed by atoms with Crippen molar-refractivity contribution >= 4 is 28.4 Å². The first kappa shape index (κ1) is 18.8. The topological polar surface area (TPSA) is 70.6 Å². The fourth-order valence-electron chi connectivity index (χ4n) is 3.65. The Morgan fingerprint density at radius 3 is 2.34 bits per heavy atom. The van der Waals surface area contributed by atoms with Crippen LogP contribution in [0.1, 0.15) is 27.8 Å². The van der Waals surface area contributed by atoms with Gasteiger partial charge < -0.3 is 9.80 Å². The van der Waals surface area contributed by atoms with E-state index in [1.165, 1.54) is 4.90 Å². The molecular formula is C23H21N3O3. The second-order valence-electron chi connectivity index (χ2n) is 7.21. The smallest absolute Gasteiger partial charge is 0.297 e. The number of nitrogens with zero attached hydrogens (tertiary/aromatic N) is 3. The molecule has 0 radical (unpaired) electrons. The average molecular weight is 387 g/mol. The summed E-state index contributed by atoms with van der Waals surface area (Å²) in [6.07, 6.45) is 1.61. The molecule has 6 heteroatoms. The number of carbonyl (C=O) groups is 3. The van der Waals surface area contributed by atoms with E-state index in [9.17, 15) is 14.4 Å². The zero-order valence-electron chi connectivity index (χ0n) is 16.1. The number of amides is 2. The number of ketones is 1. The Labute approximate surface area is 168 Å². The lowest BCUT2D eigenvalue weighted by Gasteiger charge is -2.39. The van der Waals surface area contributed by atoms with Crippen molar-refractivity contribution in [3.63, 3.8) is 0 Å². The van der Waals surface area contributed by atoms with E-state index in [2.05, 4.69) is 4.98 Å². The van der Waals surface area contributed by atoms with E-state index in [0.717, 1.165) is 10.8 Å². The second-order valence-corrected chi connectivity index (χ2v) is 7.21. The first-order valence-electron chi connectivity index (χ1n) is 9.59. The molecule has 4 rings (SSSR count). The Hall–Kier alpha value is -3.54. The molecule has 0 saturated carbocycles. The zero-order valence-corrected chi connectivity index (χ0v) is 16.1. The number of benzene rings is 2. The van der Waals surface area contributed by atoms with Gasteiger partial charge in [-0.05, 0) is 30.5 Å². The van der Waals surface area contributed by atoms with Crippen molar-refractivity contribution in [3.05, 3.63) is 78.1 Å². The van der Waals surface area contributed by atoms with Crippen molar-refractivity contribution < 1.29 is 14.4 Å². The second kappa shape index (κ2) is 7.83. The fourth-order valence-corrected chi connectivity index (χ4v) is 3.65. The number of piperazine rings is 1. The summed E-state index contributed by atoms with van der Waals surface area (Å²) >= 11 is 0. The molecule has 2 aromatic carbocycles. The van der Waals surface area contributed by atoms with Crippen LogP contribution in [0.25, 0.3) is 10.8 Å². The minimum absolute atomic E-state index is 0.0629. The quantitative estimate of drug-likeness (QED) is 0.512. The van der Waals surface area contributed by atoms with Gasteiger partial charge in [-0.15, -0.1) is 0 Å². The number of Topliss-reactive ketones (excluding diaryl/α,β-unsaturated/α-hetero) is 1. The molecule has 6 nitrogen and oxygen atoms in total. The Morgan fingerprint density at radius 1 is 0.931 bits per heavy atom. The molecule has 29 heavy (non-hydrogen) atoms. The van der Waals surface area contributed by atoms with E-state index in [1.807, 2.05) is 49.4 Å². The molecule has 1 saturated heterocycles. The van der Waals surface area contributed by atoms with Crippen LogP contribution in [0.15, 0.2) is 66.9 Å². The number of aromatic nitrogens is 1. The molecule has 0 spiro atoms. The molecular weight excluding hydrogens is 366 g/mol. The molecule has 0 N–H and O–H groups in total.